The van der Waals surface area contributed by atoms with Crippen LogP contribution in [0.25, 0.3) is 0 Å². The number of hydrogen-bond donors (Lipinski definition) is 0. The first-order chi connectivity index (χ1) is 11.1. The molecule has 0 aliphatic heterocycles. The van der Waals surface area contributed by atoms with Crippen LogP contribution in [0.1, 0.15) is 35.3 Å². The van der Waals surface area contributed by atoms with Crippen molar-refractivity contribution in [2.45, 2.75) is 27.7 Å². The van der Waals surface area contributed by atoms with Crippen LogP contribution in [-0.2, 0) is 0 Å². The maximum atomic E-state index is 12.7. The summed E-state index contributed by atoms with van der Waals surface area (Å²) in [5.74, 6) is 1.50. The van der Waals surface area contributed by atoms with Crippen molar-refractivity contribution >= 4 is 38.3 Å². The molecule has 1 radical (unpaired) electrons. The van der Waals surface area contributed by atoms with E-state index >= 15 is 0 Å². The van der Waals surface area contributed by atoms with Gasteiger partial charge in [-0.05, 0) is 59.5 Å². The molecule has 0 bridgehead atoms. The maximum absolute atomic E-state index is 12.7. The summed E-state index contributed by atoms with van der Waals surface area (Å²) in [6.45, 7) is 9.01. The first kappa shape index (κ1) is 20.8. The van der Waals surface area contributed by atoms with E-state index in [1.807, 2.05) is 64.1 Å². The standard InChI is InChI=1S/C19H23O3P.Li/c1-5-21-15-10-11-17(16(12-15)22-6-2)23-19(20)18-13(3)8-7-9-14(18)4;/h7-12,23H,5-6H2,1-4H3;. The molecule has 1 unspecified atom stereocenters. The molecule has 1 atom stereocenters. The fourth-order valence-electron chi connectivity index (χ4n) is 2.49. The van der Waals surface area contributed by atoms with Crippen LogP contribution in [0.5, 0.6) is 11.5 Å². The normalized spacial score (nSPS) is 10.5. The molecule has 2 rings (SSSR count). The number of rotatable bonds is 7. The predicted octanol–water partition coefficient (Wildman–Crippen LogP) is 3.86. The molecule has 24 heavy (non-hydrogen) atoms. The molecule has 0 aliphatic rings. The van der Waals surface area contributed by atoms with Crippen LogP contribution in [0.3, 0.4) is 0 Å². The first-order valence-electron chi connectivity index (χ1n) is 7.84. The van der Waals surface area contributed by atoms with Crippen LogP contribution in [0, 0.1) is 13.8 Å². The van der Waals surface area contributed by atoms with Crippen LogP contribution >= 0.6 is 8.58 Å². The third-order valence-electron chi connectivity index (χ3n) is 3.52. The van der Waals surface area contributed by atoms with E-state index in [1.165, 1.54) is 0 Å². The van der Waals surface area contributed by atoms with E-state index in [0.717, 1.165) is 33.5 Å². The smallest absolute Gasteiger partial charge is 0.186 e. The minimum absolute atomic E-state index is 0. The predicted molar refractivity (Wildman–Crippen MR) is 103 cm³/mol. The number of carbonyl (C=O) groups excluding carboxylic acids is 1. The van der Waals surface area contributed by atoms with Gasteiger partial charge in [-0.15, -0.1) is 0 Å². The van der Waals surface area contributed by atoms with Crippen molar-refractivity contribution in [3.8, 4) is 11.5 Å². The zero-order valence-electron chi connectivity index (χ0n) is 15.1. The van der Waals surface area contributed by atoms with Gasteiger partial charge in [0.2, 0.25) is 0 Å². The quantitative estimate of drug-likeness (QED) is 0.568. The molecule has 2 aromatic rings. The van der Waals surface area contributed by atoms with Crippen molar-refractivity contribution in [1.29, 1.82) is 0 Å². The molecule has 0 saturated heterocycles. The van der Waals surface area contributed by atoms with E-state index in [-0.39, 0.29) is 33.0 Å². The number of hydrogen-bond acceptors (Lipinski definition) is 3. The van der Waals surface area contributed by atoms with E-state index in [9.17, 15) is 4.79 Å². The first-order valence-corrected chi connectivity index (χ1v) is 8.84. The monoisotopic (exact) mass is 337 g/mol. The molecule has 123 valence electrons. The summed E-state index contributed by atoms with van der Waals surface area (Å²) in [7, 11) is 0.0361. The van der Waals surface area contributed by atoms with E-state index in [2.05, 4.69) is 0 Å². The van der Waals surface area contributed by atoms with Crippen molar-refractivity contribution < 1.29 is 14.3 Å². The Labute approximate surface area is 158 Å². The Balaban J connectivity index is 0.00000288. The molecule has 5 heteroatoms. The van der Waals surface area contributed by atoms with Crippen LogP contribution in [-0.4, -0.2) is 37.6 Å². The van der Waals surface area contributed by atoms with E-state index in [1.54, 1.807) is 0 Å². The average molecular weight is 337 g/mol. The molecule has 0 fully saturated rings. The van der Waals surface area contributed by atoms with Crippen molar-refractivity contribution in [1.82, 2.24) is 0 Å². The summed E-state index contributed by atoms with van der Waals surface area (Å²) >= 11 is 0. The van der Waals surface area contributed by atoms with E-state index in [4.69, 9.17) is 9.47 Å². The Morgan fingerprint density at radius 1 is 1.00 bits per heavy atom. The number of aryl methyl sites for hydroxylation is 2. The summed E-state index contributed by atoms with van der Waals surface area (Å²) in [6.07, 6.45) is 0. The number of carbonyl (C=O) groups is 1. The fourth-order valence-corrected chi connectivity index (χ4v) is 3.69. The minimum atomic E-state index is 0. The van der Waals surface area contributed by atoms with Crippen LogP contribution in [0.4, 0.5) is 0 Å². The Bertz CT molecular complexity index is 681. The molecule has 3 nitrogen and oxygen atoms in total. The van der Waals surface area contributed by atoms with Gasteiger partial charge in [-0.2, -0.15) is 0 Å². The molecular weight excluding hydrogens is 314 g/mol. The van der Waals surface area contributed by atoms with Gasteiger partial charge in [-0.1, -0.05) is 18.2 Å². The molecule has 0 spiro atoms. The van der Waals surface area contributed by atoms with Gasteiger partial charge in [-0.25, -0.2) is 0 Å². The second-order valence-corrected chi connectivity index (χ2v) is 6.49. The Kier molecular flexibility index (Phi) is 8.57. The summed E-state index contributed by atoms with van der Waals surface area (Å²) in [5, 5.41) is 0.919. The second-order valence-electron chi connectivity index (χ2n) is 5.24. The van der Waals surface area contributed by atoms with Crippen LogP contribution in [0.2, 0.25) is 0 Å². The third kappa shape index (κ3) is 5.12. The largest absolute Gasteiger partial charge is 0.494 e. The van der Waals surface area contributed by atoms with Gasteiger partial charge >= 0.3 is 0 Å². The number of benzene rings is 2. The SMILES string of the molecule is CCOc1ccc(PC(=O)c2c(C)cccc2C)c(OCC)c1.[Li]. The summed E-state index contributed by atoms with van der Waals surface area (Å²) in [5.41, 5.74) is 3.01. The Morgan fingerprint density at radius 2 is 1.62 bits per heavy atom. The zero-order valence-corrected chi connectivity index (χ0v) is 16.1. The van der Waals surface area contributed by atoms with Crippen molar-refractivity contribution in [3.63, 3.8) is 0 Å². The van der Waals surface area contributed by atoms with Crippen molar-refractivity contribution in [2.75, 3.05) is 13.2 Å². The van der Waals surface area contributed by atoms with Gasteiger partial charge in [0.05, 0.1) is 13.2 Å². The van der Waals surface area contributed by atoms with Crippen molar-refractivity contribution in [3.05, 3.63) is 53.1 Å². The van der Waals surface area contributed by atoms with Crippen LogP contribution in [0.15, 0.2) is 36.4 Å². The van der Waals surface area contributed by atoms with Gasteiger partial charge in [-0.3, -0.25) is 4.79 Å². The topological polar surface area (TPSA) is 35.5 Å². The molecule has 0 amide bonds. The molecular formula is C19H23LiO3P. The molecule has 0 aromatic heterocycles. The summed E-state index contributed by atoms with van der Waals surface area (Å²) < 4.78 is 11.2. The third-order valence-corrected chi connectivity index (χ3v) is 4.68. The van der Waals surface area contributed by atoms with Gasteiger partial charge in [0.25, 0.3) is 0 Å². The second kappa shape index (κ2) is 9.89. The van der Waals surface area contributed by atoms with Crippen LogP contribution < -0.4 is 14.8 Å². The van der Waals surface area contributed by atoms with E-state index < -0.39 is 0 Å². The number of ether oxygens (including phenoxy) is 2. The van der Waals surface area contributed by atoms with Gasteiger partial charge in [0.1, 0.15) is 11.5 Å². The summed E-state index contributed by atoms with van der Waals surface area (Å²) in [4.78, 5) is 12.7. The maximum Gasteiger partial charge on any atom is 0.186 e. The molecule has 0 heterocycles. The Hall–Kier alpha value is -1.26. The van der Waals surface area contributed by atoms with Gasteiger partial charge < -0.3 is 9.47 Å². The summed E-state index contributed by atoms with van der Waals surface area (Å²) in [6, 6.07) is 11.6. The fraction of sp³-hybridized carbons (Fsp3) is 0.316. The zero-order chi connectivity index (χ0) is 16.8. The van der Waals surface area contributed by atoms with Crippen molar-refractivity contribution in [2.24, 2.45) is 0 Å². The van der Waals surface area contributed by atoms with Gasteiger partial charge in [0.15, 0.2) is 5.52 Å². The molecule has 0 aliphatic carbocycles. The average Bonchev–Trinajstić information content (AvgIpc) is 2.50. The Morgan fingerprint density at radius 3 is 2.21 bits per heavy atom. The molecule has 0 saturated carbocycles. The molecule has 2 aromatic carbocycles. The molecule has 0 N–H and O–H groups in total. The van der Waals surface area contributed by atoms with Gasteiger partial charge in [0, 0.05) is 35.8 Å². The van der Waals surface area contributed by atoms with E-state index in [0.29, 0.717) is 13.2 Å². The minimum Gasteiger partial charge on any atom is -0.494 e.